The minimum absolute atomic E-state index is 0.0140. The molecule has 5 heteroatoms. The molecule has 0 bridgehead atoms. The van der Waals surface area contributed by atoms with Crippen molar-refractivity contribution in [2.24, 2.45) is 0 Å². The number of amides is 3. The molecule has 27 heavy (non-hydrogen) atoms. The highest BCUT2D eigenvalue weighted by Crippen LogP contribution is 2.31. The Morgan fingerprint density at radius 2 is 1.78 bits per heavy atom. The maximum atomic E-state index is 13.1. The van der Waals surface area contributed by atoms with Crippen LogP contribution in [-0.2, 0) is 22.3 Å². The van der Waals surface area contributed by atoms with Crippen LogP contribution in [0.3, 0.4) is 0 Å². The minimum atomic E-state index is -1.10. The lowest BCUT2D eigenvalue weighted by molar-refractivity contribution is -0.131. The summed E-state index contributed by atoms with van der Waals surface area (Å²) in [6.07, 6.45) is 0. The van der Waals surface area contributed by atoms with Crippen molar-refractivity contribution in [2.75, 3.05) is 0 Å². The Bertz CT molecular complexity index is 935. The molecule has 0 radical (unpaired) electrons. The van der Waals surface area contributed by atoms with Crippen LogP contribution in [0.25, 0.3) is 0 Å². The van der Waals surface area contributed by atoms with Gasteiger partial charge < -0.3 is 5.32 Å². The average Bonchev–Trinajstić information content (AvgIpc) is 2.85. The predicted molar refractivity (Wildman–Crippen MR) is 103 cm³/mol. The van der Waals surface area contributed by atoms with Gasteiger partial charge in [-0.2, -0.15) is 5.26 Å². The largest absolute Gasteiger partial charge is 0.325 e. The van der Waals surface area contributed by atoms with E-state index in [0.717, 1.165) is 16.7 Å². The van der Waals surface area contributed by atoms with E-state index in [1.165, 1.54) is 4.90 Å². The molecule has 1 N–H and O–H groups in total. The van der Waals surface area contributed by atoms with Gasteiger partial charge in [0.1, 0.15) is 5.54 Å². The first kappa shape index (κ1) is 18.7. The number of urea groups is 1. The summed E-state index contributed by atoms with van der Waals surface area (Å²) < 4.78 is 0. The summed E-state index contributed by atoms with van der Waals surface area (Å²) in [6.45, 7) is 8.25. The Balaban J connectivity index is 1.87. The molecule has 3 amide bonds. The van der Waals surface area contributed by atoms with Gasteiger partial charge in [0, 0.05) is 0 Å². The van der Waals surface area contributed by atoms with Crippen LogP contribution >= 0.6 is 0 Å². The van der Waals surface area contributed by atoms with Crippen molar-refractivity contribution >= 4 is 11.9 Å². The number of nitrogens with one attached hydrogen (secondary N) is 1. The fraction of sp³-hybridized carbons (Fsp3) is 0.318. The van der Waals surface area contributed by atoms with Gasteiger partial charge in [0.15, 0.2) is 0 Å². The number of hydrogen-bond donors (Lipinski definition) is 1. The van der Waals surface area contributed by atoms with Crippen LogP contribution in [0, 0.1) is 11.3 Å². The number of nitrogens with zero attached hydrogens (tertiary/aromatic N) is 2. The van der Waals surface area contributed by atoms with Gasteiger partial charge in [0.2, 0.25) is 0 Å². The Morgan fingerprint density at radius 3 is 2.37 bits per heavy atom. The number of carbonyl (C=O) groups is 2. The van der Waals surface area contributed by atoms with E-state index in [1.54, 1.807) is 31.2 Å². The van der Waals surface area contributed by atoms with Gasteiger partial charge >= 0.3 is 6.03 Å². The fourth-order valence-corrected chi connectivity index (χ4v) is 3.26. The third-order valence-corrected chi connectivity index (χ3v) is 5.00. The quantitative estimate of drug-likeness (QED) is 0.845. The van der Waals surface area contributed by atoms with Crippen molar-refractivity contribution in [1.82, 2.24) is 10.2 Å². The van der Waals surface area contributed by atoms with Crippen LogP contribution in [0.4, 0.5) is 4.79 Å². The lowest BCUT2D eigenvalue weighted by Gasteiger charge is -2.24. The third kappa shape index (κ3) is 3.43. The number of carbonyl (C=O) groups excluding carboxylic acids is 2. The van der Waals surface area contributed by atoms with E-state index >= 15 is 0 Å². The molecule has 3 rings (SSSR count). The Kier molecular flexibility index (Phi) is 4.52. The number of rotatable bonds is 3. The van der Waals surface area contributed by atoms with Gasteiger partial charge in [0.05, 0.1) is 18.2 Å². The van der Waals surface area contributed by atoms with Crippen molar-refractivity contribution in [3.8, 4) is 6.07 Å². The Hall–Kier alpha value is -3.13. The van der Waals surface area contributed by atoms with Crippen molar-refractivity contribution < 1.29 is 9.59 Å². The van der Waals surface area contributed by atoms with E-state index < -0.39 is 11.6 Å². The normalized spacial score (nSPS) is 19.7. The van der Waals surface area contributed by atoms with E-state index in [-0.39, 0.29) is 17.9 Å². The van der Waals surface area contributed by atoms with Crippen molar-refractivity contribution in [3.63, 3.8) is 0 Å². The first-order chi connectivity index (χ1) is 12.6. The molecule has 2 aromatic rings. The zero-order chi connectivity index (χ0) is 19.8. The zero-order valence-electron chi connectivity index (χ0n) is 16.0. The molecule has 1 unspecified atom stereocenters. The monoisotopic (exact) mass is 361 g/mol. The highest BCUT2D eigenvalue weighted by Gasteiger charge is 2.48. The second kappa shape index (κ2) is 6.55. The maximum absolute atomic E-state index is 13.1. The van der Waals surface area contributed by atoms with E-state index in [9.17, 15) is 9.59 Å². The minimum Gasteiger partial charge on any atom is -0.319 e. The molecular weight excluding hydrogens is 338 g/mol. The van der Waals surface area contributed by atoms with Crippen LogP contribution in [0.15, 0.2) is 48.5 Å². The van der Waals surface area contributed by atoms with Gasteiger partial charge in [-0.25, -0.2) is 4.79 Å². The Morgan fingerprint density at radius 1 is 1.11 bits per heavy atom. The summed E-state index contributed by atoms with van der Waals surface area (Å²) in [5.74, 6) is -0.293. The van der Waals surface area contributed by atoms with Gasteiger partial charge in [-0.05, 0) is 41.2 Å². The topological polar surface area (TPSA) is 73.2 Å². The standard InChI is InChI=1S/C22H23N3O2/c1-21(2,3)17-8-10-18(11-9-17)22(4)19(26)25(20(27)24-22)14-16-7-5-6-15(12-16)13-23/h5-12H,14H2,1-4H3,(H,24,27). The number of hydrogen-bond acceptors (Lipinski definition) is 3. The van der Waals surface area contributed by atoms with Crippen molar-refractivity contribution in [2.45, 2.75) is 45.2 Å². The molecule has 1 atom stereocenters. The molecule has 1 fully saturated rings. The van der Waals surface area contributed by atoms with E-state index in [1.807, 2.05) is 24.3 Å². The van der Waals surface area contributed by atoms with Gasteiger partial charge in [-0.15, -0.1) is 0 Å². The highest BCUT2D eigenvalue weighted by molar-refractivity contribution is 6.07. The molecule has 2 aromatic carbocycles. The molecular formula is C22H23N3O2. The van der Waals surface area contributed by atoms with E-state index in [4.69, 9.17) is 5.26 Å². The zero-order valence-corrected chi connectivity index (χ0v) is 16.0. The summed E-state index contributed by atoms with van der Waals surface area (Å²) in [7, 11) is 0. The maximum Gasteiger partial charge on any atom is 0.325 e. The molecule has 138 valence electrons. The Labute approximate surface area is 159 Å². The van der Waals surface area contributed by atoms with Crippen LogP contribution in [0.1, 0.15) is 49.9 Å². The molecule has 0 spiro atoms. The third-order valence-electron chi connectivity index (χ3n) is 5.00. The van der Waals surface area contributed by atoms with Crippen molar-refractivity contribution in [1.29, 1.82) is 5.26 Å². The first-order valence-electron chi connectivity index (χ1n) is 8.89. The molecule has 1 aliphatic rings. The summed E-state index contributed by atoms with van der Waals surface area (Å²) in [5, 5.41) is 11.9. The second-order valence-corrected chi connectivity index (χ2v) is 8.09. The summed E-state index contributed by atoms with van der Waals surface area (Å²) >= 11 is 0. The molecule has 0 aliphatic carbocycles. The number of nitriles is 1. The fourth-order valence-electron chi connectivity index (χ4n) is 3.26. The summed E-state index contributed by atoms with van der Waals surface area (Å²) in [6, 6.07) is 16.4. The average molecular weight is 361 g/mol. The lowest BCUT2D eigenvalue weighted by atomic mass is 9.84. The van der Waals surface area contributed by atoms with Gasteiger partial charge in [-0.1, -0.05) is 57.2 Å². The summed E-state index contributed by atoms with van der Waals surface area (Å²) in [4.78, 5) is 26.7. The predicted octanol–water partition coefficient (Wildman–Crippen LogP) is 3.82. The first-order valence-corrected chi connectivity index (χ1v) is 8.89. The number of imide groups is 1. The smallest absolute Gasteiger partial charge is 0.319 e. The van der Waals surface area contributed by atoms with Crippen molar-refractivity contribution in [3.05, 3.63) is 70.8 Å². The molecule has 5 nitrogen and oxygen atoms in total. The van der Waals surface area contributed by atoms with Crippen LogP contribution in [-0.4, -0.2) is 16.8 Å². The molecule has 0 saturated carbocycles. The molecule has 1 heterocycles. The van der Waals surface area contributed by atoms with E-state index in [2.05, 4.69) is 32.2 Å². The van der Waals surface area contributed by atoms with Crippen LogP contribution in [0.5, 0.6) is 0 Å². The van der Waals surface area contributed by atoms with E-state index in [0.29, 0.717) is 5.56 Å². The van der Waals surface area contributed by atoms with Gasteiger partial charge in [-0.3, -0.25) is 9.69 Å². The molecule has 1 saturated heterocycles. The van der Waals surface area contributed by atoms with Gasteiger partial charge in [0.25, 0.3) is 5.91 Å². The second-order valence-electron chi connectivity index (χ2n) is 8.09. The number of benzene rings is 2. The molecule has 1 aliphatic heterocycles. The lowest BCUT2D eigenvalue weighted by Crippen LogP contribution is -2.40. The van der Waals surface area contributed by atoms with Crippen LogP contribution < -0.4 is 5.32 Å². The summed E-state index contributed by atoms with van der Waals surface area (Å²) in [5.41, 5.74) is 2.07. The SMILES string of the molecule is CC(C)(C)c1ccc(C2(C)NC(=O)N(Cc3cccc(C#N)c3)C2=O)cc1. The molecule has 0 aromatic heterocycles. The highest BCUT2D eigenvalue weighted by atomic mass is 16.2. The van der Waals surface area contributed by atoms with Crippen LogP contribution in [0.2, 0.25) is 0 Å².